The van der Waals surface area contributed by atoms with E-state index in [1.54, 1.807) is 0 Å². The van der Waals surface area contributed by atoms with Crippen LogP contribution in [-0.4, -0.2) is 39.9 Å². The molecule has 0 aliphatic carbocycles. The Hall–Kier alpha value is -0.870. The zero-order chi connectivity index (χ0) is 14.7. The summed E-state index contributed by atoms with van der Waals surface area (Å²) in [7, 11) is 0. The first-order valence-corrected chi connectivity index (χ1v) is 8.02. The summed E-state index contributed by atoms with van der Waals surface area (Å²) in [5.74, 6) is 0.673. The topological polar surface area (TPSA) is 33.1 Å². The zero-order valence-corrected chi connectivity index (χ0v) is 13.6. The predicted octanol–water partition coefficient (Wildman–Crippen LogP) is 2.67. The Balaban J connectivity index is 2.04. The highest BCUT2D eigenvalue weighted by Crippen LogP contribution is 2.18. The average Bonchev–Trinajstić information content (AvgIpc) is 2.86. The Morgan fingerprint density at radius 1 is 1.40 bits per heavy atom. The lowest BCUT2D eigenvalue weighted by molar-refractivity contribution is 0.0940. The van der Waals surface area contributed by atoms with Crippen molar-refractivity contribution in [1.29, 1.82) is 0 Å². The summed E-state index contributed by atoms with van der Waals surface area (Å²) in [6, 6.07) is 3.85. The standard InChI is InChI=1S/C16H30N4/c1-6-14(5)20-8-7-15(18-20)11-19-10-13(4)17-9-16(19)12(2)3/h7-8,12-14,16-17H,6,9-11H2,1-5H3. The van der Waals surface area contributed by atoms with Gasteiger partial charge in [0.25, 0.3) is 0 Å². The van der Waals surface area contributed by atoms with Gasteiger partial charge in [-0.25, -0.2) is 0 Å². The lowest BCUT2D eigenvalue weighted by Gasteiger charge is -2.41. The Kier molecular flexibility index (Phi) is 5.22. The predicted molar refractivity (Wildman–Crippen MR) is 83.7 cm³/mol. The summed E-state index contributed by atoms with van der Waals surface area (Å²) in [5.41, 5.74) is 1.20. The van der Waals surface area contributed by atoms with Gasteiger partial charge in [0.05, 0.1) is 5.69 Å². The van der Waals surface area contributed by atoms with Crippen LogP contribution < -0.4 is 5.32 Å². The zero-order valence-electron chi connectivity index (χ0n) is 13.6. The van der Waals surface area contributed by atoms with E-state index in [2.05, 4.69) is 61.8 Å². The van der Waals surface area contributed by atoms with Crippen molar-refractivity contribution in [3.8, 4) is 0 Å². The summed E-state index contributed by atoms with van der Waals surface area (Å²) in [6.07, 6.45) is 3.25. The molecule has 20 heavy (non-hydrogen) atoms. The molecule has 3 unspecified atom stereocenters. The third kappa shape index (κ3) is 3.61. The van der Waals surface area contributed by atoms with E-state index in [9.17, 15) is 0 Å². The maximum Gasteiger partial charge on any atom is 0.0765 e. The van der Waals surface area contributed by atoms with Gasteiger partial charge in [-0.2, -0.15) is 5.10 Å². The van der Waals surface area contributed by atoms with E-state index in [1.165, 1.54) is 5.69 Å². The van der Waals surface area contributed by atoms with E-state index < -0.39 is 0 Å². The van der Waals surface area contributed by atoms with Crippen LogP contribution >= 0.6 is 0 Å². The molecule has 114 valence electrons. The first-order chi connectivity index (χ1) is 9.51. The van der Waals surface area contributed by atoms with Crippen LogP contribution in [0.2, 0.25) is 0 Å². The Morgan fingerprint density at radius 3 is 2.80 bits per heavy atom. The van der Waals surface area contributed by atoms with Crippen molar-refractivity contribution in [3.63, 3.8) is 0 Å². The maximum absolute atomic E-state index is 4.75. The largest absolute Gasteiger partial charge is 0.311 e. The van der Waals surface area contributed by atoms with Crippen molar-refractivity contribution in [2.75, 3.05) is 13.1 Å². The van der Waals surface area contributed by atoms with Crippen molar-refractivity contribution in [2.24, 2.45) is 5.92 Å². The minimum atomic E-state index is 0.492. The quantitative estimate of drug-likeness (QED) is 0.899. The van der Waals surface area contributed by atoms with Gasteiger partial charge in [-0.15, -0.1) is 0 Å². The molecule has 1 saturated heterocycles. The van der Waals surface area contributed by atoms with Crippen molar-refractivity contribution in [1.82, 2.24) is 20.0 Å². The first-order valence-electron chi connectivity index (χ1n) is 8.02. The third-order valence-corrected chi connectivity index (χ3v) is 4.49. The fourth-order valence-corrected chi connectivity index (χ4v) is 2.94. The van der Waals surface area contributed by atoms with E-state index >= 15 is 0 Å². The molecule has 3 atom stereocenters. The van der Waals surface area contributed by atoms with Crippen LogP contribution in [0.15, 0.2) is 12.3 Å². The summed E-state index contributed by atoms with van der Waals surface area (Å²) < 4.78 is 2.10. The molecule has 0 spiro atoms. The van der Waals surface area contributed by atoms with E-state index in [1.807, 2.05) is 0 Å². The number of piperazine rings is 1. The molecular weight excluding hydrogens is 248 g/mol. The molecule has 1 fully saturated rings. The van der Waals surface area contributed by atoms with Crippen molar-refractivity contribution < 1.29 is 0 Å². The number of nitrogens with zero attached hydrogens (tertiary/aromatic N) is 3. The Labute approximate surface area is 123 Å². The number of hydrogen-bond acceptors (Lipinski definition) is 3. The Morgan fingerprint density at radius 2 is 2.15 bits per heavy atom. The normalized spacial score (nSPS) is 26.1. The fourth-order valence-electron chi connectivity index (χ4n) is 2.94. The summed E-state index contributed by atoms with van der Waals surface area (Å²) in [6.45, 7) is 14.5. The number of nitrogens with one attached hydrogen (secondary N) is 1. The maximum atomic E-state index is 4.75. The Bertz CT molecular complexity index is 412. The minimum Gasteiger partial charge on any atom is -0.311 e. The summed E-state index contributed by atoms with van der Waals surface area (Å²) >= 11 is 0. The third-order valence-electron chi connectivity index (χ3n) is 4.49. The highest BCUT2D eigenvalue weighted by molar-refractivity contribution is 5.01. The molecule has 0 amide bonds. The number of aromatic nitrogens is 2. The van der Waals surface area contributed by atoms with Gasteiger partial charge in [0.2, 0.25) is 0 Å². The molecule has 1 aromatic heterocycles. The smallest absolute Gasteiger partial charge is 0.0765 e. The van der Waals surface area contributed by atoms with Crippen LogP contribution in [-0.2, 0) is 6.54 Å². The van der Waals surface area contributed by atoms with E-state index in [-0.39, 0.29) is 0 Å². The molecule has 0 bridgehead atoms. The van der Waals surface area contributed by atoms with Crippen molar-refractivity contribution in [3.05, 3.63) is 18.0 Å². The van der Waals surface area contributed by atoms with Gasteiger partial charge in [-0.05, 0) is 32.3 Å². The molecule has 0 saturated carbocycles. The van der Waals surface area contributed by atoms with Crippen LogP contribution in [0.25, 0.3) is 0 Å². The van der Waals surface area contributed by atoms with Gasteiger partial charge < -0.3 is 5.32 Å². The van der Waals surface area contributed by atoms with Gasteiger partial charge in [0.15, 0.2) is 0 Å². The summed E-state index contributed by atoms with van der Waals surface area (Å²) in [5, 5.41) is 8.34. The van der Waals surface area contributed by atoms with Crippen LogP contribution in [0.1, 0.15) is 52.8 Å². The van der Waals surface area contributed by atoms with Gasteiger partial charge in [0.1, 0.15) is 0 Å². The lowest BCUT2D eigenvalue weighted by atomic mass is 9.98. The van der Waals surface area contributed by atoms with Gasteiger partial charge in [0, 0.05) is 44.0 Å². The average molecular weight is 278 g/mol. The monoisotopic (exact) mass is 278 g/mol. The molecular formula is C16H30N4. The van der Waals surface area contributed by atoms with E-state index in [4.69, 9.17) is 5.10 Å². The highest BCUT2D eigenvalue weighted by atomic mass is 15.3. The second-order valence-corrected chi connectivity index (χ2v) is 6.59. The van der Waals surface area contributed by atoms with E-state index in [0.717, 1.165) is 26.1 Å². The second kappa shape index (κ2) is 6.72. The van der Waals surface area contributed by atoms with Gasteiger partial charge in [-0.3, -0.25) is 9.58 Å². The molecule has 1 N–H and O–H groups in total. The van der Waals surface area contributed by atoms with Crippen molar-refractivity contribution >= 4 is 0 Å². The molecule has 0 aromatic carbocycles. The molecule has 0 radical (unpaired) electrons. The van der Waals surface area contributed by atoms with E-state index in [0.29, 0.717) is 24.0 Å². The van der Waals surface area contributed by atoms with Gasteiger partial charge >= 0.3 is 0 Å². The van der Waals surface area contributed by atoms with Crippen LogP contribution in [0.3, 0.4) is 0 Å². The minimum absolute atomic E-state index is 0.492. The first kappa shape index (κ1) is 15.5. The highest BCUT2D eigenvalue weighted by Gasteiger charge is 2.28. The second-order valence-electron chi connectivity index (χ2n) is 6.59. The summed E-state index contributed by atoms with van der Waals surface area (Å²) in [4.78, 5) is 2.59. The SMILES string of the molecule is CCC(C)n1ccc(CN2CC(C)NCC2C(C)C)n1. The molecule has 2 rings (SSSR count). The fraction of sp³-hybridized carbons (Fsp3) is 0.812. The van der Waals surface area contributed by atoms with Crippen LogP contribution in [0, 0.1) is 5.92 Å². The molecule has 4 nitrogen and oxygen atoms in total. The molecule has 1 aliphatic heterocycles. The van der Waals surface area contributed by atoms with Crippen LogP contribution in [0.4, 0.5) is 0 Å². The molecule has 4 heteroatoms. The number of rotatable bonds is 5. The molecule has 1 aromatic rings. The molecule has 1 aliphatic rings. The lowest BCUT2D eigenvalue weighted by Crippen LogP contribution is -2.56. The van der Waals surface area contributed by atoms with Gasteiger partial charge in [-0.1, -0.05) is 20.8 Å². The number of hydrogen-bond donors (Lipinski definition) is 1. The van der Waals surface area contributed by atoms with Crippen LogP contribution in [0.5, 0.6) is 0 Å². The van der Waals surface area contributed by atoms with Crippen molar-refractivity contribution in [2.45, 2.75) is 65.7 Å². The molecule has 2 heterocycles.